The van der Waals surface area contributed by atoms with Gasteiger partial charge in [-0.15, -0.1) is 0 Å². The molecule has 12 heteroatoms. The van der Waals surface area contributed by atoms with E-state index in [1.807, 2.05) is 44.2 Å². The van der Waals surface area contributed by atoms with Gasteiger partial charge in [0.25, 0.3) is 0 Å². The summed E-state index contributed by atoms with van der Waals surface area (Å²) in [6, 6.07) is 8.04. The molecule has 4 atom stereocenters. The molecule has 0 spiro atoms. The second-order valence-corrected chi connectivity index (χ2v) is 11.0. The van der Waals surface area contributed by atoms with E-state index in [4.69, 9.17) is 16.2 Å². The molecule has 1 fully saturated rings. The first kappa shape index (κ1) is 34.5. The van der Waals surface area contributed by atoms with Gasteiger partial charge in [-0.3, -0.25) is 14.4 Å². The van der Waals surface area contributed by atoms with Crippen LogP contribution in [0.2, 0.25) is 0 Å². The highest BCUT2D eigenvalue weighted by Crippen LogP contribution is 2.19. The number of rotatable bonds is 17. The van der Waals surface area contributed by atoms with Crippen molar-refractivity contribution >= 4 is 23.8 Å². The van der Waals surface area contributed by atoms with Crippen molar-refractivity contribution in [3.05, 3.63) is 35.9 Å². The van der Waals surface area contributed by atoms with E-state index in [1.165, 1.54) is 4.90 Å². The van der Waals surface area contributed by atoms with Gasteiger partial charge in [0.1, 0.15) is 30.8 Å². The van der Waals surface area contributed by atoms with Crippen LogP contribution < -0.4 is 27.4 Å². The molecule has 1 heterocycles. The smallest absolute Gasteiger partial charge is 0.408 e. The first-order valence-corrected chi connectivity index (χ1v) is 14.9. The number of amides is 4. The van der Waals surface area contributed by atoms with Crippen LogP contribution in [0.3, 0.4) is 0 Å². The van der Waals surface area contributed by atoms with Crippen LogP contribution in [0.4, 0.5) is 4.79 Å². The first-order chi connectivity index (χ1) is 20.2. The van der Waals surface area contributed by atoms with Crippen molar-refractivity contribution in [1.29, 1.82) is 5.26 Å². The number of nitrogens with zero attached hydrogens (tertiary/aromatic N) is 2. The fourth-order valence-electron chi connectivity index (χ4n) is 4.86. The van der Waals surface area contributed by atoms with Crippen molar-refractivity contribution in [2.24, 2.45) is 17.4 Å². The Hall–Kier alpha value is -3.69. The molecule has 0 aliphatic carbocycles. The Morgan fingerprint density at radius 3 is 2.24 bits per heavy atom. The number of unbranched alkanes of at least 4 members (excludes halogenated alkanes) is 1. The number of likely N-dealkylation sites (tertiary alicyclic amines) is 1. The van der Waals surface area contributed by atoms with E-state index in [-0.39, 0.29) is 18.4 Å². The topological polar surface area (TPSA) is 193 Å². The zero-order chi connectivity index (χ0) is 30.9. The van der Waals surface area contributed by atoms with Crippen LogP contribution in [0.1, 0.15) is 70.8 Å². The Morgan fingerprint density at radius 2 is 1.60 bits per heavy atom. The number of nitrogens with one attached hydrogen (secondary N) is 3. The van der Waals surface area contributed by atoms with Crippen LogP contribution in [0.25, 0.3) is 0 Å². The minimum atomic E-state index is -0.949. The van der Waals surface area contributed by atoms with Gasteiger partial charge in [-0.1, -0.05) is 44.2 Å². The molecule has 0 aromatic heterocycles. The SMILES string of the molecule is CC(C)C[C@H](NC(=O)[C@H](CCCCN)NC(=O)OCc1ccccc1)C(=O)N[C@@H](CCCN)C(=O)N1CCCC1C#N. The van der Waals surface area contributed by atoms with E-state index >= 15 is 0 Å². The Balaban J connectivity index is 2.12. The fourth-order valence-corrected chi connectivity index (χ4v) is 4.86. The van der Waals surface area contributed by atoms with Crippen LogP contribution in [0, 0.1) is 17.2 Å². The number of hydrogen-bond donors (Lipinski definition) is 5. The van der Waals surface area contributed by atoms with Crippen molar-refractivity contribution in [1.82, 2.24) is 20.9 Å². The summed E-state index contributed by atoms with van der Waals surface area (Å²) >= 11 is 0. The lowest BCUT2D eigenvalue weighted by molar-refractivity contribution is -0.137. The highest BCUT2D eigenvalue weighted by Gasteiger charge is 2.35. The molecule has 0 bridgehead atoms. The highest BCUT2D eigenvalue weighted by atomic mass is 16.5. The molecule has 1 aliphatic rings. The quantitative estimate of drug-likeness (QED) is 0.170. The third-order valence-electron chi connectivity index (χ3n) is 7.10. The number of ether oxygens (including phenoxy) is 1. The molecule has 1 aromatic carbocycles. The third kappa shape index (κ3) is 11.7. The second-order valence-electron chi connectivity index (χ2n) is 11.0. The molecule has 4 amide bonds. The molecule has 7 N–H and O–H groups in total. The summed E-state index contributed by atoms with van der Waals surface area (Å²) in [6.45, 7) is 5.11. The maximum atomic E-state index is 13.5. The maximum Gasteiger partial charge on any atom is 0.408 e. The van der Waals surface area contributed by atoms with Gasteiger partial charge in [0, 0.05) is 6.54 Å². The van der Waals surface area contributed by atoms with Gasteiger partial charge < -0.3 is 37.1 Å². The van der Waals surface area contributed by atoms with E-state index in [1.54, 1.807) is 0 Å². The monoisotopic (exact) mass is 585 g/mol. The van der Waals surface area contributed by atoms with Gasteiger partial charge in [0.05, 0.1) is 6.07 Å². The van der Waals surface area contributed by atoms with E-state index in [2.05, 4.69) is 22.0 Å². The lowest BCUT2D eigenvalue weighted by Gasteiger charge is -2.29. The largest absolute Gasteiger partial charge is 0.445 e. The summed E-state index contributed by atoms with van der Waals surface area (Å²) in [7, 11) is 0. The highest BCUT2D eigenvalue weighted by molar-refractivity contribution is 5.94. The summed E-state index contributed by atoms with van der Waals surface area (Å²) in [5, 5.41) is 17.7. The molecule has 1 aliphatic heterocycles. The molecular weight excluding hydrogens is 538 g/mol. The first-order valence-electron chi connectivity index (χ1n) is 14.9. The normalized spacial score (nSPS) is 16.7. The van der Waals surface area contributed by atoms with Crippen molar-refractivity contribution in [2.45, 2.75) is 96.0 Å². The van der Waals surface area contributed by atoms with E-state index in [0.29, 0.717) is 64.6 Å². The van der Waals surface area contributed by atoms with Crippen LogP contribution in [-0.2, 0) is 25.7 Å². The van der Waals surface area contributed by atoms with Gasteiger partial charge >= 0.3 is 6.09 Å². The van der Waals surface area contributed by atoms with Crippen molar-refractivity contribution < 1.29 is 23.9 Å². The number of nitrogens with two attached hydrogens (primary N) is 2. The molecule has 0 saturated carbocycles. The number of benzene rings is 1. The zero-order valence-corrected chi connectivity index (χ0v) is 24.8. The molecule has 1 aromatic rings. The van der Waals surface area contributed by atoms with Gasteiger partial charge in [0.2, 0.25) is 17.7 Å². The van der Waals surface area contributed by atoms with Crippen molar-refractivity contribution in [3.8, 4) is 6.07 Å². The van der Waals surface area contributed by atoms with E-state index in [0.717, 1.165) is 12.0 Å². The van der Waals surface area contributed by atoms with Crippen LogP contribution in [0.5, 0.6) is 0 Å². The number of carbonyl (C=O) groups excluding carboxylic acids is 4. The van der Waals surface area contributed by atoms with Gasteiger partial charge in [-0.05, 0) is 75.9 Å². The summed E-state index contributed by atoms with van der Waals surface area (Å²) in [6.07, 6.45) is 3.25. The molecule has 1 unspecified atom stereocenters. The van der Waals surface area contributed by atoms with Gasteiger partial charge in [-0.2, -0.15) is 5.26 Å². The van der Waals surface area contributed by atoms with Gasteiger partial charge in [-0.25, -0.2) is 4.79 Å². The lowest BCUT2D eigenvalue weighted by Crippen LogP contribution is -2.57. The van der Waals surface area contributed by atoms with E-state index in [9.17, 15) is 24.4 Å². The van der Waals surface area contributed by atoms with Crippen LogP contribution in [-0.4, -0.2) is 72.5 Å². The predicted molar refractivity (Wildman–Crippen MR) is 158 cm³/mol. The fraction of sp³-hybridized carbons (Fsp3) is 0.633. The number of carbonyl (C=O) groups is 4. The minimum absolute atomic E-state index is 0.0419. The Morgan fingerprint density at radius 1 is 0.952 bits per heavy atom. The van der Waals surface area contributed by atoms with Gasteiger partial charge in [0.15, 0.2) is 0 Å². The number of nitriles is 1. The number of alkyl carbamates (subject to hydrolysis) is 1. The molecule has 232 valence electrons. The zero-order valence-electron chi connectivity index (χ0n) is 24.8. The standard InChI is InChI=1S/C30H47N7O5/c1-21(2)18-26(28(39)34-25(14-8-16-32)29(40)37-17-9-12-23(37)19-33)35-27(38)24(13-6-7-15-31)36-30(41)42-20-22-10-4-3-5-11-22/h3-5,10-11,21,23-26H,6-9,12-18,20,31-32H2,1-2H3,(H,34,39)(H,35,38)(H,36,41)/t23?,24-,25-,26-/m0/s1. The maximum absolute atomic E-state index is 13.5. The molecule has 2 rings (SSSR count). The average molecular weight is 586 g/mol. The summed E-state index contributed by atoms with van der Waals surface area (Å²) < 4.78 is 5.31. The van der Waals surface area contributed by atoms with Crippen LogP contribution >= 0.6 is 0 Å². The van der Waals surface area contributed by atoms with Crippen molar-refractivity contribution in [2.75, 3.05) is 19.6 Å². The summed E-state index contributed by atoms with van der Waals surface area (Å²) in [4.78, 5) is 54.3. The van der Waals surface area contributed by atoms with E-state index < -0.39 is 42.1 Å². The van der Waals surface area contributed by atoms with Crippen molar-refractivity contribution in [3.63, 3.8) is 0 Å². The third-order valence-corrected chi connectivity index (χ3v) is 7.10. The molecule has 12 nitrogen and oxygen atoms in total. The Bertz CT molecular complexity index is 1050. The minimum Gasteiger partial charge on any atom is -0.445 e. The second kappa shape index (κ2) is 18.7. The predicted octanol–water partition coefficient (Wildman–Crippen LogP) is 1.68. The molecule has 1 saturated heterocycles. The molecule has 0 radical (unpaired) electrons. The summed E-state index contributed by atoms with van der Waals surface area (Å²) in [5.41, 5.74) is 12.1. The Kier molecular flexibility index (Phi) is 15.4. The average Bonchev–Trinajstić information content (AvgIpc) is 3.46. The lowest BCUT2D eigenvalue weighted by atomic mass is 10.0. The van der Waals surface area contributed by atoms with Crippen LogP contribution in [0.15, 0.2) is 30.3 Å². The number of hydrogen-bond acceptors (Lipinski definition) is 8. The summed E-state index contributed by atoms with van der Waals surface area (Å²) in [5.74, 6) is -1.32. The molecule has 42 heavy (non-hydrogen) atoms. The Labute approximate surface area is 248 Å². The molecular formula is C30H47N7O5.